The fraction of sp³-hybridized carbons (Fsp3) is 0.521. The lowest BCUT2D eigenvalue weighted by Gasteiger charge is -2.34. The van der Waals surface area contributed by atoms with Crippen molar-refractivity contribution >= 4 is 51.7 Å². The number of rotatable bonds is 20. The minimum absolute atomic E-state index is 0.00711. The van der Waals surface area contributed by atoms with E-state index in [4.69, 9.17) is 20.1 Å². The summed E-state index contributed by atoms with van der Waals surface area (Å²) < 4.78 is 12.9. The molecular weight excluding hydrogens is 877 g/mol. The van der Waals surface area contributed by atoms with Crippen LogP contribution in [0.3, 0.4) is 0 Å². The number of aryl methyl sites for hydroxylation is 2. The molecule has 1 aromatic carbocycles. The monoisotopic (exact) mass is 938 g/mol. The molecule has 4 aromatic heterocycles. The zero-order chi connectivity index (χ0) is 48.5. The van der Waals surface area contributed by atoms with E-state index in [1.807, 2.05) is 69.0 Å². The third-order valence-corrected chi connectivity index (χ3v) is 12.6. The van der Waals surface area contributed by atoms with Crippen LogP contribution in [-0.4, -0.2) is 106 Å². The molecule has 0 bridgehead atoms. The molecular formula is C48H62N10O8S. The van der Waals surface area contributed by atoms with Crippen LogP contribution >= 0.6 is 11.3 Å². The molecule has 6 N–H and O–H groups in total. The van der Waals surface area contributed by atoms with E-state index in [-0.39, 0.29) is 73.9 Å². The number of Topliss-reactive ketones (excluding diaryl/α,β-unsaturated/α-hetero) is 1. The van der Waals surface area contributed by atoms with Crippen molar-refractivity contribution in [1.82, 2.24) is 45.4 Å². The molecule has 6 rings (SSSR count). The lowest BCUT2D eigenvalue weighted by atomic mass is 9.76. The van der Waals surface area contributed by atoms with E-state index in [1.54, 1.807) is 31.4 Å². The highest BCUT2D eigenvalue weighted by atomic mass is 32.1. The topological polar surface area (TPSA) is 254 Å². The number of aliphatic hydroxyl groups is 2. The number of imidazole rings is 1. The highest BCUT2D eigenvalue weighted by molar-refractivity contribution is 7.13. The molecule has 18 nitrogen and oxygen atoms in total. The Labute approximate surface area is 394 Å². The number of hydrogen-bond donors (Lipinski definition) is 5. The van der Waals surface area contributed by atoms with E-state index in [0.717, 1.165) is 47.4 Å². The molecule has 5 aromatic rings. The standard InChI is InChI=1S/C48H62N10O8S/c1-8-57-41-37(26-50-35(19-20-48(6,7)64)39(41)54-44(57)40-43(49)56-66-55-40)65-21-13-11-9-10-12-14-38(61)51-25-32(59)22-34(47(3,4)5)46(63)58-27-33(60)23-36(58)45(62)52-24-30-15-17-31(18-16-30)42-29(2)53-28-67-42/h15-18,26,28,33-34,36,60,64H,8-14,21-25,27H2,1-7H3,(H2,49,56)(H,51,61)(H,52,62)/t33-,34-,36+/m1/s1. The van der Waals surface area contributed by atoms with E-state index in [9.17, 15) is 29.4 Å². The molecule has 1 aliphatic rings. The number of nitrogens with zero attached hydrogens (tertiary/aromatic N) is 7. The van der Waals surface area contributed by atoms with Gasteiger partial charge in [-0.1, -0.05) is 70.2 Å². The van der Waals surface area contributed by atoms with Crippen LogP contribution in [0.4, 0.5) is 5.82 Å². The summed E-state index contributed by atoms with van der Waals surface area (Å²) in [6.45, 7) is 13.6. The third-order valence-electron chi connectivity index (χ3n) is 11.6. The molecule has 3 amide bonds. The molecule has 1 aliphatic heterocycles. The van der Waals surface area contributed by atoms with Gasteiger partial charge < -0.3 is 40.8 Å². The van der Waals surface area contributed by atoms with Gasteiger partial charge in [-0.2, -0.15) is 0 Å². The molecule has 358 valence electrons. The maximum Gasteiger partial charge on any atom is 0.243 e. The van der Waals surface area contributed by atoms with Crippen molar-refractivity contribution in [1.29, 1.82) is 0 Å². The Kier molecular flexibility index (Phi) is 16.5. The van der Waals surface area contributed by atoms with Gasteiger partial charge in [-0.3, -0.25) is 19.2 Å². The second-order valence-corrected chi connectivity index (χ2v) is 19.4. The van der Waals surface area contributed by atoms with Gasteiger partial charge in [0.25, 0.3) is 0 Å². The minimum atomic E-state index is -1.24. The van der Waals surface area contributed by atoms with Crippen molar-refractivity contribution in [2.75, 3.05) is 25.4 Å². The fourth-order valence-corrected chi connectivity index (χ4v) is 8.79. The summed E-state index contributed by atoms with van der Waals surface area (Å²) in [6, 6.07) is 6.98. The van der Waals surface area contributed by atoms with Gasteiger partial charge in [0.15, 0.2) is 28.9 Å². The highest BCUT2D eigenvalue weighted by Crippen LogP contribution is 2.35. The molecule has 5 heterocycles. The SMILES string of the molecule is CCn1c(-c2nonc2N)nc2c(C#CC(C)(C)O)ncc(OCCCCCCCC(=O)NCC(=O)C[C@H](C(=O)N3C[C@H](O)C[C@H]3C(=O)NCc3ccc(-c4scnc4C)cc3)C(C)(C)C)c21. The third kappa shape index (κ3) is 13.0. The molecule has 0 aliphatic carbocycles. The number of β-amino-alcohol motifs (C(OH)–C–C–N with tert-alkyl or cyclic N) is 1. The van der Waals surface area contributed by atoms with Crippen molar-refractivity contribution in [3.63, 3.8) is 0 Å². The van der Waals surface area contributed by atoms with E-state index in [0.29, 0.717) is 47.9 Å². The van der Waals surface area contributed by atoms with E-state index >= 15 is 0 Å². The molecule has 0 spiro atoms. The summed E-state index contributed by atoms with van der Waals surface area (Å²) >= 11 is 1.57. The average Bonchev–Trinajstić information content (AvgIpc) is 4.09. The van der Waals surface area contributed by atoms with Crippen molar-refractivity contribution < 1.29 is 38.8 Å². The van der Waals surface area contributed by atoms with Crippen molar-refractivity contribution in [3.05, 3.63) is 52.9 Å². The van der Waals surface area contributed by atoms with Gasteiger partial charge in [-0.15, -0.1) is 11.3 Å². The second-order valence-electron chi connectivity index (χ2n) is 18.5. The fourth-order valence-electron chi connectivity index (χ4n) is 7.98. The number of carbonyl (C=O) groups is 4. The first kappa shape index (κ1) is 50.2. The van der Waals surface area contributed by atoms with E-state index < -0.39 is 29.1 Å². The number of aromatic nitrogens is 6. The summed E-state index contributed by atoms with van der Waals surface area (Å²) in [6.07, 6.45) is 4.86. The van der Waals surface area contributed by atoms with Crippen LogP contribution < -0.4 is 21.1 Å². The number of carbonyl (C=O) groups excluding carboxylic acids is 4. The van der Waals surface area contributed by atoms with Crippen LogP contribution in [0.25, 0.3) is 33.0 Å². The molecule has 0 radical (unpaired) electrons. The Bertz CT molecular complexity index is 2600. The van der Waals surface area contributed by atoms with Crippen molar-refractivity contribution in [2.24, 2.45) is 11.3 Å². The van der Waals surface area contributed by atoms with Crippen LogP contribution in [0.5, 0.6) is 5.75 Å². The van der Waals surface area contributed by atoms with Crippen LogP contribution in [0.15, 0.2) is 40.6 Å². The number of hydrogen-bond acceptors (Lipinski definition) is 15. The Balaban J connectivity index is 0.928. The Hall–Kier alpha value is -6.23. The lowest BCUT2D eigenvalue weighted by molar-refractivity contribution is -0.146. The van der Waals surface area contributed by atoms with E-state index in [1.165, 1.54) is 4.90 Å². The number of likely N-dealkylation sites (tertiary alicyclic amines) is 1. The van der Waals surface area contributed by atoms with Gasteiger partial charge in [-0.25, -0.2) is 19.6 Å². The Morgan fingerprint density at radius 1 is 1.03 bits per heavy atom. The normalized spacial score (nSPS) is 15.6. The second kappa shape index (κ2) is 22.0. The first-order valence-electron chi connectivity index (χ1n) is 22.7. The molecule has 19 heteroatoms. The molecule has 3 atom stereocenters. The first-order valence-corrected chi connectivity index (χ1v) is 23.6. The number of fused-ring (bicyclic) bond motifs is 1. The summed E-state index contributed by atoms with van der Waals surface area (Å²) in [4.78, 5) is 69.6. The van der Waals surface area contributed by atoms with Gasteiger partial charge in [0.1, 0.15) is 28.4 Å². The molecule has 0 saturated carbocycles. The largest absolute Gasteiger partial charge is 0.490 e. The zero-order valence-electron chi connectivity index (χ0n) is 39.3. The number of anilines is 1. The lowest BCUT2D eigenvalue weighted by Crippen LogP contribution is -2.50. The first-order chi connectivity index (χ1) is 31.8. The molecule has 1 fully saturated rings. The number of pyridine rings is 1. The Morgan fingerprint density at radius 2 is 1.76 bits per heavy atom. The van der Waals surface area contributed by atoms with Crippen LogP contribution in [0.1, 0.15) is 110 Å². The minimum Gasteiger partial charge on any atom is -0.490 e. The maximum absolute atomic E-state index is 14.1. The number of thiazole rings is 1. The smallest absolute Gasteiger partial charge is 0.243 e. The van der Waals surface area contributed by atoms with Crippen molar-refractivity contribution in [2.45, 2.75) is 131 Å². The number of benzene rings is 1. The van der Waals surface area contributed by atoms with Gasteiger partial charge in [-0.05, 0) is 73.3 Å². The number of aliphatic hydroxyl groups excluding tert-OH is 1. The summed E-state index contributed by atoms with van der Waals surface area (Å²) in [7, 11) is 0. The molecule has 0 unspecified atom stereocenters. The molecule has 1 saturated heterocycles. The Morgan fingerprint density at radius 3 is 2.42 bits per heavy atom. The highest BCUT2D eigenvalue weighted by Gasteiger charge is 2.44. The predicted molar refractivity (Wildman–Crippen MR) is 253 cm³/mol. The van der Waals surface area contributed by atoms with Crippen LogP contribution in [0, 0.1) is 30.1 Å². The number of nitrogens with two attached hydrogens (primary N) is 1. The number of amides is 3. The molecule has 67 heavy (non-hydrogen) atoms. The van der Waals surface area contributed by atoms with Gasteiger partial charge in [0, 0.05) is 44.8 Å². The summed E-state index contributed by atoms with van der Waals surface area (Å²) in [5, 5.41) is 34.1. The number of nitrogens with one attached hydrogen (secondary N) is 2. The van der Waals surface area contributed by atoms with Crippen LogP contribution in [-0.2, 0) is 32.3 Å². The summed E-state index contributed by atoms with van der Waals surface area (Å²) in [5.74, 6) is 4.68. The zero-order valence-corrected chi connectivity index (χ0v) is 40.2. The number of ketones is 1. The summed E-state index contributed by atoms with van der Waals surface area (Å²) in [5.41, 5.74) is 10.6. The van der Waals surface area contributed by atoms with Gasteiger partial charge in [0.05, 0.1) is 41.5 Å². The van der Waals surface area contributed by atoms with Crippen molar-refractivity contribution in [3.8, 4) is 39.5 Å². The quantitative estimate of drug-likeness (QED) is 0.0486. The van der Waals surface area contributed by atoms with Crippen LogP contribution in [0.2, 0.25) is 0 Å². The number of unbranched alkanes of at least 4 members (excludes halogenated alkanes) is 4. The van der Waals surface area contributed by atoms with E-state index in [2.05, 4.69) is 42.8 Å². The average molecular weight is 939 g/mol. The van der Waals surface area contributed by atoms with Gasteiger partial charge >= 0.3 is 0 Å². The van der Waals surface area contributed by atoms with Gasteiger partial charge in [0.2, 0.25) is 17.7 Å². The number of nitrogen functional groups attached to an aromatic ring is 1. The maximum atomic E-state index is 14.1. The number of ether oxygens (including phenoxy) is 1. The predicted octanol–water partition coefficient (Wildman–Crippen LogP) is 5.37.